The highest BCUT2D eigenvalue weighted by atomic mass is 32.2. The van der Waals surface area contributed by atoms with Gasteiger partial charge < -0.3 is 15.4 Å². The van der Waals surface area contributed by atoms with Gasteiger partial charge in [0.05, 0.1) is 12.0 Å². The first-order chi connectivity index (χ1) is 12.4. The van der Waals surface area contributed by atoms with Crippen molar-refractivity contribution in [2.75, 3.05) is 25.7 Å². The Morgan fingerprint density at radius 3 is 2.46 bits per heavy atom. The van der Waals surface area contributed by atoms with Gasteiger partial charge in [0.1, 0.15) is 6.04 Å². The molecule has 0 fully saturated rings. The van der Waals surface area contributed by atoms with Crippen LogP contribution in [0.1, 0.15) is 23.2 Å². The van der Waals surface area contributed by atoms with E-state index in [0.717, 1.165) is 0 Å². The normalized spacial score (nSPS) is 11.3. The molecule has 0 aliphatic heterocycles. The van der Waals surface area contributed by atoms with Crippen molar-refractivity contribution >= 4 is 35.2 Å². The van der Waals surface area contributed by atoms with Crippen molar-refractivity contribution in [3.05, 3.63) is 39.9 Å². The highest BCUT2D eigenvalue weighted by molar-refractivity contribution is 7.98. The lowest BCUT2D eigenvalue weighted by molar-refractivity contribution is -0.384. The third-order valence-electron chi connectivity index (χ3n) is 3.41. The molecule has 10 heteroatoms. The van der Waals surface area contributed by atoms with Gasteiger partial charge in [-0.3, -0.25) is 19.7 Å². The maximum Gasteiger partial charge on any atom is 0.328 e. The number of benzene rings is 1. The first kappa shape index (κ1) is 21.4. The number of hydrogen-bond acceptors (Lipinski definition) is 7. The van der Waals surface area contributed by atoms with E-state index >= 15 is 0 Å². The molecule has 0 saturated carbocycles. The maximum absolute atomic E-state index is 11.9. The van der Waals surface area contributed by atoms with Crippen LogP contribution in [0.5, 0.6) is 0 Å². The van der Waals surface area contributed by atoms with Crippen molar-refractivity contribution in [1.29, 1.82) is 0 Å². The van der Waals surface area contributed by atoms with Gasteiger partial charge in [0, 0.05) is 30.7 Å². The number of ether oxygens (including phenoxy) is 1. The summed E-state index contributed by atoms with van der Waals surface area (Å²) >= 11 is 1.55. The van der Waals surface area contributed by atoms with Gasteiger partial charge in [-0.2, -0.15) is 11.8 Å². The van der Waals surface area contributed by atoms with Crippen LogP contribution in [0.4, 0.5) is 5.69 Å². The predicted octanol–water partition coefficient (Wildman–Crippen LogP) is 1.13. The Hall–Kier alpha value is -2.62. The minimum atomic E-state index is -0.717. The fourth-order valence-electron chi connectivity index (χ4n) is 2.02. The number of nitrogens with zero attached hydrogens (tertiary/aromatic N) is 1. The number of rotatable bonds is 10. The molecule has 0 bridgehead atoms. The van der Waals surface area contributed by atoms with Crippen molar-refractivity contribution in [3.8, 4) is 0 Å². The van der Waals surface area contributed by atoms with Crippen LogP contribution in [-0.2, 0) is 14.3 Å². The quantitative estimate of drug-likeness (QED) is 0.352. The van der Waals surface area contributed by atoms with Crippen LogP contribution in [0.3, 0.4) is 0 Å². The number of non-ortho nitro benzene ring substituents is 1. The zero-order chi connectivity index (χ0) is 19.5. The van der Waals surface area contributed by atoms with Crippen LogP contribution in [0.15, 0.2) is 24.3 Å². The van der Waals surface area contributed by atoms with Crippen LogP contribution >= 0.6 is 11.8 Å². The average Bonchev–Trinajstić information content (AvgIpc) is 2.64. The van der Waals surface area contributed by atoms with Crippen molar-refractivity contribution < 1.29 is 24.0 Å². The molecule has 1 atom stereocenters. The molecule has 0 aliphatic rings. The molecular formula is C16H21N3O6S. The molecule has 0 heterocycles. The summed E-state index contributed by atoms with van der Waals surface area (Å²) < 4.78 is 4.66. The van der Waals surface area contributed by atoms with Crippen LogP contribution < -0.4 is 10.6 Å². The summed E-state index contributed by atoms with van der Waals surface area (Å²) in [5.41, 5.74) is 0.142. The molecular weight excluding hydrogens is 362 g/mol. The van der Waals surface area contributed by atoms with Gasteiger partial charge in [-0.15, -0.1) is 0 Å². The number of nitro groups is 1. The predicted molar refractivity (Wildman–Crippen MR) is 97.0 cm³/mol. The van der Waals surface area contributed by atoms with E-state index < -0.39 is 22.8 Å². The lowest BCUT2D eigenvalue weighted by Gasteiger charge is -2.16. The van der Waals surface area contributed by atoms with Crippen molar-refractivity contribution in [1.82, 2.24) is 10.6 Å². The molecule has 9 nitrogen and oxygen atoms in total. The topological polar surface area (TPSA) is 128 Å². The second-order valence-electron chi connectivity index (χ2n) is 5.23. The van der Waals surface area contributed by atoms with Gasteiger partial charge >= 0.3 is 5.97 Å². The standard InChI is InChI=1S/C16H21N3O6S/c1-25-16(22)13(8-10-26-2)18-14(20)7-9-17-15(21)11-3-5-12(6-4-11)19(23)24/h3-6,13H,7-10H2,1-2H3,(H,17,21)(H,18,20)/t13-/m0/s1. The van der Waals surface area contributed by atoms with Gasteiger partial charge in [-0.25, -0.2) is 4.79 Å². The fourth-order valence-corrected chi connectivity index (χ4v) is 2.49. The first-order valence-electron chi connectivity index (χ1n) is 7.77. The minimum absolute atomic E-state index is 0.00845. The van der Waals surface area contributed by atoms with Crippen LogP contribution in [0, 0.1) is 10.1 Å². The smallest absolute Gasteiger partial charge is 0.328 e. The van der Waals surface area contributed by atoms with Gasteiger partial charge in [0.15, 0.2) is 0 Å². The third-order valence-corrected chi connectivity index (χ3v) is 4.05. The van der Waals surface area contributed by atoms with Crippen LogP contribution in [0.25, 0.3) is 0 Å². The molecule has 2 N–H and O–H groups in total. The first-order valence-corrected chi connectivity index (χ1v) is 9.17. The number of methoxy groups -OCH3 is 1. The lowest BCUT2D eigenvalue weighted by atomic mass is 10.2. The Morgan fingerprint density at radius 2 is 1.92 bits per heavy atom. The maximum atomic E-state index is 11.9. The molecule has 0 aromatic heterocycles. The summed E-state index contributed by atoms with van der Waals surface area (Å²) in [4.78, 5) is 45.5. The highest BCUT2D eigenvalue weighted by Gasteiger charge is 2.20. The molecule has 1 aromatic carbocycles. The van der Waals surface area contributed by atoms with Gasteiger partial charge in [0.25, 0.3) is 11.6 Å². The fraction of sp³-hybridized carbons (Fsp3) is 0.438. The van der Waals surface area contributed by atoms with Crippen LogP contribution in [-0.4, -0.2) is 54.4 Å². The van der Waals surface area contributed by atoms with E-state index in [1.807, 2.05) is 6.26 Å². The molecule has 1 aromatic rings. The monoisotopic (exact) mass is 383 g/mol. The van der Waals surface area contributed by atoms with E-state index in [9.17, 15) is 24.5 Å². The molecule has 0 unspecified atom stereocenters. The van der Waals surface area contributed by atoms with E-state index in [1.54, 1.807) is 11.8 Å². The lowest BCUT2D eigenvalue weighted by Crippen LogP contribution is -2.43. The summed E-state index contributed by atoms with van der Waals surface area (Å²) in [5.74, 6) is -0.649. The Balaban J connectivity index is 2.45. The summed E-state index contributed by atoms with van der Waals surface area (Å²) in [7, 11) is 1.25. The number of thioether (sulfide) groups is 1. The number of carbonyl (C=O) groups is 3. The van der Waals surface area contributed by atoms with E-state index in [-0.39, 0.29) is 30.1 Å². The summed E-state index contributed by atoms with van der Waals surface area (Å²) in [6.07, 6.45) is 2.34. The second kappa shape index (κ2) is 11.1. The molecule has 0 aliphatic carbocycles. The number of nitrogens with one attached hydrogen (secondary N) is 2. The third kappa shape index (κ3) is 7.09. The molecule has 2 amide bonds. The van der Waals surface area contributed by atoms with Gasteiger partial charge in [0.2, 0.25) is 5.91 Å². The molecule has 26 heavy (non-hydrogen) atoms. The molecule has 0 saturated heterocycles. The minimum Gasteiger partial charge on any atom is -0.467 e. The van der Waals surface area contributed by atoms with E-state index in [2.05, 4.69) is 15.4 Å². The number of nitro benzene ring substituents is 1. The number of amides is 2. The Labute approximate surface area is 155 Å². The van der Waals surface area contributed by atoms with Crippen molar-refractivity contribution in [2.45, 2.75) is 18.9 Å². The highest BCUT2D eigenvalue weighted by Crippen LogP contribution is 2.11. The average molecular weight is 383 g/mol. The number of hydrogen-bond donors (Lipinski definition) is 2. The number of carbonyl (C=O) groups excluding carboxylic acids is 3. The second-order valence-corrected chi connectivity index (χ2v) is 6.22. The van der Waals surface area contributed by atoms with Crippen molar-refractivity contribution in [3.63, 3.8) is 0 Å². The number of esters is 1. The van der Waals surface area contributed by atoms with E-state index in [0.29, 0.717) is 12.2 Å². The van der Waals surface area contributed by atoms with Crippen LogP contribution in [0.2, 0.25) is 0 Å². The summed E-state index contributed by atoms with van der Waals surface area (Å²) in [5, 5.41) is 15.7. The van der Waals surface area contributed by atoms with Gasteiger partial charge in [-0.1, -0.05) is 0 Å². The summed E-state index contributed by atoms with van der Waals surface area (Å²) in [6.45, 7) is 0.0675. The Morgan fingerprint density at radius 1 is 1.27 bits per heavy atom. The van der Waals surface area contributed by atoms with Crippen molar-refractivity contribution in [2.24, 2.45) is 0 Å². The zero-order valence-corrected chi connectivity index (χ0v) is 15.3. The Bertz CT molecular complexity index is 650. The molecule has 0 radical (unpaired) electrons. The molecule has 142 valence electrons. The largest absolute Gasteiger partial charge is 0.467 e. The summed E-state index contributed by atoms with van der Waals surface area (Å²) in [6, 6.07) is 4.42. The SMILES string of the molecule is COC(=O)[C@H](CCSC)NC(=O)CCNC(=O)c1ccc([N+](=O)[O-])cc1. The van der Waals surface area contributed by atoms with E-state index in [4.69, 9.17) is 0 Å². The zero-order valence-electron chi connectivity index (χ0n) is 14.5. The molecule has 1 rings (SSSR count). The van der Waals surface area contributed by atoms with Gasteiger partial charge in [-0.05, 0) is 30.6 Å². The molecule has 0 spiro atoms. The Kier molecular flexibility index (Phi) is 9.13. The van der Waals surface area contributed by atoms with E-state index in [1.165, 1.54) is 31.4 Å².